The molecule has 1 aromatic carbocycles. The summed E-state index contributed by atoms with van der Waals surface area (Å²) in [5.41, 5.74) is 0.699. The van der Waals surface area contributed by atoms with Gasteiger partial charge in [0.25, 0.3) is 0 Å². The molecule has 0 radical (unpaired) electrons. The van der Waals surface area contributed by atoms with Crippen molar-refractivity contribution < 1.29 is 4.39 Å². The van der Waals surface area contributed by atoms with Crippen molar-refractivity contribution in [3.05, 3.63) is 28.6 Å². The number of benzene rings is 1. The van der Waals surface area contributed by atoms with Crippen molar-refractivity contribution >= 4 is 26.8 Å². The number of hydrogen-bond acceptors (Lipinski definition) is 1. The number of rotatable bonds is 0. The Morgan fingerprint density at radius 2 is 2.27 bits per heavy atom. The topological polar surface area (TPSA) is 28.7 Å². The van der Waals surface area contributed by atoms with Crippen molar-refractivity contribution in [2.24, 2.45) is 0 Å². The zero-order valence-electron chi connectivity index (χ0n) is 5.44. The standard InChI is InChI=1S/C7H4BrFN2/c8-5-3-1-2-4-6(5)10-11-7(4)9/h1-3H,(H,10,11). The molecule has 0 aliphatic heterocycles. The van der Waals surface area contributed by atoms with Gasteiger partial charge in [0.15, 0.2) is 0 Å². The molecule has 1 heterocycles. The molecule has 1 N–H and O–H groups in total. The predicted octanol–water partition coefficient (Wildman–Crippen LogP) is 2.46. The minimum absolute atomic E-state index is 0.457. The lowest BCUT2D eigenvalue weighted by molar-refractivity contribution is 0.588. The molecule has 56 valence electrons. The van der Waals surface area contributed by atoms with E-state index < -0.39 is 5.95 Å². The van der Waals surface area contributed by atoms with Gasteiger partial charge in [-0.1, -0.05) is 6.07 Å². The minimum atomic E-state index is -0.457. The highest BCUT2D eigenvalue weighted by Gasteiger charge is 2.05. The van der Waals surface area contributed by atoms with E-state index in [1.165, 1.54) is 0 Å². The van der Waals surface area contributed by atoms with Crippen molar-refractivity contribution in [3.8, 4) is 0 Å². The summed E-state index contributed by atoms with van der Waals surface area (Å²) in [5.74, 6) is -0.457. The summed E-state index contributed by atoms with van der Waals surface area (Å²) < 4.78 is 13.6. The first kappa shape index (κ1) is 6.79. The molecule has 0 atom stereocenters. The second-order valence-corrected chi connectivity index (χ2v) is 3.03. The Bertz CT molecular complexity index is 396. The summed E-state index contributed by atoms with van der Waals surface area (Å²) in [6.07, 6.45) is 0. The maximum absolute atomic E-state index is 12.8. The van der Waals surface area contributed by atoms with E-state index in [2.05, 4.69) is 26.1 Å². The van der Waals surface area contributed by atoms with Gasteiger partial charge < -0.3 is 0 Å². The molecule has 0 aliphatic carbocycles. The van der Waals surface area contributed by atoms with Gasteiger partial charge in [-0.3, -0.25) is 5.10 Å². The smallest absolute Gasteiger partial charge is 0.240 e. The van der Waals surface area contributed by atoms with Crippen LogP contribution in [0.3, 0.4) is 0 Å². The lowest BCUT2D eigenvalue weighted by Crippen LogP contribution is -1.70. The number of para-hydroxylation sites is 1. The first-order valence-corrected chi connectivity index (χ1v) is 3.86. The summed E-state index contributed by atoms with van der Waals surface area (Å²) in [6.45, 7) is 0. The van der Waals surface area contributed by atoms with Crippen LogP contribution in [0.5, 0.6) is 0 Å². The van der Waals surface area contributed by atoms with Crippen molar-refractivity contribution in [3.63, 3.8) is 0 Å². The van der Waals surface area contributed by atoms with Gasteiger partial charge in [-0.25, -0.2) is 0 Å². The van der Waals surface area contributed by atoms with Crippen LogP contribution in [-0.4, -0.2) is 10.2 Å². The molecule has 2 nitrogen and oxygen atoms in total. The lowest BCUT2D eigenvalue weighted by Gasteiger charge is -1.89. The maximum Gasteiger partial charge on any atom is 0.240 e. The summed E-state index contributed by atoms with van der Waals surface area (Å²) in [4.78, 5) is 0. The molecule has 0 saturated carbocycles. The van der Waals surface area contributed by atoms with Crippen LogP contribution in [0.15, 0.2) is 22.7 Å². The molecule has 11 heavy (non-hydrogen) atoms. The molecule has 0 bridgehead atoms. The van der Waals surface area contributed by atoms with Crippen LogP contribution in [0.2, 0.25) is 0 Å². The predicted molar refractivity (Wildman–Crippen MR) is 43.8 cm³/mol. The van der Waals surface area contributed by atoms with Crippen LogP contribution >= 0.6 is 15.9 Å². The van der Waals surface area contributed by atoms with Crippen LogP contribution < -0.4 is 0 Å². The molecular formula is C7H4BrFN2. The van der Waals surface area contributed by atoms with Gasteiger partial charge in [0.1, 0.15) is 0 Å². The number of nitrogens with one attached hydrogen (secondary N) is 1. The van der Waals surface area contributed by atoms with Crippen LogP contribution in [0.4, 0.5) is 4.39 Å². The number of fused-ring (bicyclic) bond motifs is 1. The van der Waals surface area contributed by atoms with E-state index in [4.69, 9.17) is 0 Å². The normalized spacial score (nSPS) is 10.7. The first-order valence-electron chi connectivity index (χ1n) is 3.07. The SMILES string of the molecule is Fc1n[nH]c2c(Br)cccc12. The average molecular weight is 215 g/mol. The fourth-order valence-corrected chi connectivity index (χ4v) is 1.43. The lowest BCUT2D eigenvalue weighted by atomic mass is 10.3. The number of aromatic amines is 1. The minimum Gasteiger partial charge on any atom is -0.274 e. The summed E-state index contributed by atoms with van der Waals surface area (Å²) in [6, 6.07) is 5.28. The Morgan fingerprint density at radius 3 is 3.00 bits per heavy atom. The quantitative estimate of drug-likeness (QED) is 0.718. The fraction of sp³-hybridized carbons (Fsp3) is 0. The number of aromatic nitrogens is 2. The van der Waals surface area contributed by atoms with E-state index in [-0.39, 0.29) is 0 Å². The molecule has 2 aromatic rings. The van der Waals surface area contributed by atoms with E-state index in [1.54, 1.807) is 12.1 Å². The van der Waals surface area contributed by atoms with Gasteiger partial charge in [0, 0.05) is 4.47 Å². The second kappa shape index (κ2) is 2.30. The van der Waals surface area contributed by atoms with Crippen LogP contribution in [0, 0.1) is 5.95 Å². The molecule has 2 rings (SSSR count). The first-order chi connectivity index (χ1) is 5.29. The summed E-state index contributed by atoms with van der Waals surface area (Å²) in [5, 5.41) is 6.53. The summed E-state index contributed by atoms with van der Waals surface area (Å²) in [7, 11) is 0. The zero-order chi connectivity index (χ0) is 7.84. The van der Waals surface area contributed by atoms with Crippen molar-refractivity contribution in [1.82, 2.24) is 10.2 Å². The third kappa shape index (κ3) is 0.939. The molecule has 1 aromatic heterocycles. The zero-order valence-corrected chi connectivity index (χ0v) is 7.02. The molecule has 0 amide bonds. The van der Waals surface area contributed by atoms with Gasteiger partial charge >= 0.3 is 0 Å². The average Bonchev–Trinajstić information content (AvgIpc) is 2.35. The van der Waals surface area contributed by atoms with Gasteiger partial charge in [-0.05, 0) is 28.1 Å². The number of nitrogens with zero attached hydrogens (tertiary/aromatic N) is 1. The highest BCUT2D eigenvalue weighted by Crippen LogP contribution is 2.22. The van der Waals surface area contributed by atoms with Crippen LogP contribution in [-0.2, 0) is 0 Å². The number of H-pyrrole nitrogens is 1. The number of hydrogen-bond donors (Lipinski definition) is 1. The largest absolute Gasteiger partial charge is 0.274 e. The van der Waals surface area contributed by atoms with E-state index in [0.29, 0.717) is 10.9 Å². The molecule has 0 fully saturated rings. The highest BCUT2D eigenvalue weighted by atomic mass is 79.9. The Hall–Kier alpha value is -0.900. The number of halogens is 2. The Balaban J connectivity index is 2.94. The van der Waals surface area contributed by atoms with Gasteiger partial charge in [0.05, 0.1) is 10.9 Å². The fourth-order valence-electron chi connectivity index (χ4n) is 0.975. The van der Waals surface area contributed by atoms with Crippen LogP contribution in [0.1, 0.15) is 0 Å². The molecule has 4 heteroatoms. The third-order valence-electron chi connectivity index (χ3n) is 1.50. The third-order valence-corrected chi connectivity index (χ3v) is 2.16. The Labute approximate surface area is 70.5 Å². The van der Waals surface area contributed by atoms with E-state index in [9.17, 15) is 4.39 Å². The Morgan fingerprint density at radius 1 is 1.45 bits per heavy atom. The van der Waals surface area contributed by atoms with E-state index >= 15 is 0 Å². The monoisotopic (exact) mass is 214 g/mol. The van der Waals surface area contributed by atoms with E-state index in [0.717, 1.165) is 4.47 Å². The molecule has 0 saturated heterocycles. The van der Waals surface area contributed by atoms with Gasteiger partial charge in [0.2, 0.25) is 5.95 Å². The van der Waals surface area contributed by atoms with Crippen molar-refractivity contribution in [2.75, 3.05) is 0 Å². The maximum atomic E-state index is 12.8. The molecular weight excluding hydrogens is 211 g/mol. The Kier molecular flexibility index (Phi) is 1.42. The highest BCUT2D eigenvalue weighted by molar-refractivity contribution is 9.10. The van der Waals surface area contributed by atoms with Crippen molar-refractivity contribution in [1.29, 1.82) is 0 Å². The molecule has 0 spiro atoms. The van der Waals surface area contributed by atoms with Gasteiger partial charge in [-0.2, -0.15) is 4.39 Å². The summed E-state index contributed by atoms with van der Waals surface area (Å²) >= 11 is 3.27. The molecule has 0 aliphatic rings. The van der Waals surface area contributed by atoms with E-state index in [1.807, 2.05) is 6.07 Å². The van der Waals surface area contributed by atoms with Crippen molar-refractivity contribution in [2.45, 2.75) is 0 Å². The van der Waals surface area contributed by atoms with Gasteiger partial charge in [-0.15, -0.1) is 5.10 Å². The van der Waals surface area contributed by atoms with Crippen LogP contribution in [0.25, 0.3) is 10.9 Å². The second-order valence-electron chi connectivity index (χ2n) is 2.18. The molecule has 0 unspecified atom stereocenters.